The van der Waals surface area contributed by atoms with Crippen molar-refractivity contribution in [1.82, 2.24) is 4.90 Å². The molecule has 16 heavy (non-hydrogen) atoms. The van der Waals surface area contributed by atoms with Gasteiger partial charge in [-0.1, -0.05) is 27.7 Å². The third-order valence-electron chi connectivity index (χ3n) is 3.54. The first-order chi connectivity index (χ1) is 7.49. The van der Waals surface area contributed by atoms with E-state index in [2.05, 4.69) is 18.7 Å². The highest BCUT2D eigenvalue weighted by atomic mass is 16.1. The van der Waals surface area contributed by atoms with Crippen LogP contribution in [0.15, 0.2) is 0 Å². The van der Waals surface area contributed by atoms with Crippen molar-refractivity contribution in [3.05, 3.63) is 0 Å². The quantitative estimate of drug-likeness (QED) is 0.717. The smallest absolute Gasteiger partial charge is 0.149 e. The molecule has 0 radical (unpaired) electrons. The highest BCUT2D eigenvalue weighted by Crippen LogP contribution is 2.23. The van der Waals surface area contributed by atoms with Gasteiger partial charge >= 0.3 is 0 Å². The van der Waals surface area contributed by atoms with Crippen LogP contribution in [0.5, 0.6) is 0 Å². The van der Waals surface area contributed by atoms with Crippen LogP contribution in [0.2, 0.25) is 0 Å². The second-order valence-electron chi connectivity index (χ2n) is 5.97. The third-order valence-corrected chi connectivity index (χ3v) is 3.54. The maximum Gasteiger partial charge on any atom is 0.149 e. The van der Waals surface area contributed by atoms with Crippen LogP contribution in [0, 0.1) is 17.8 Å². The lowest BCUT2D eigenvalue weighted by Gasteiger charge is -2.32. The number of carbonyl (C=O) groups excluding carboxylic acids is 1. The van der Waals surface area contributed by atoms with Crippen LogP contribution in [0.3, 0.4) is 0 Å². The first kappa shape index (κ1) is 13.7. The van der Waals surface area contributed by atoms with Crippen molar-refractivity contribution in [2.45, 2.75) is 47.0 Å². The largest absolute Gasteiger partial charge is 0.298 e. The predicted octanol–water partition coefficient (Wildman–Crippen LogP) is 2.97. The average Bonchev–Trinajstić information content (AvgIpc) is 2.20. The maximum absolute atomic E-state index is 11.6. The van der Waals surface area contributed by atoms with Gasteiger partial charge in [-0.15, -0.1) is 0 Å². The molecule has 0 aromatic carbocycles. The van der Waals surface area contributed by atoms with E-state index in [1.165, 1.54) is 19.3 Å². The average molecular weight is 225 g/mol. The van der Waals surface area contributed by atoms with Crippen LogP contribution in [0.1, 0.15) is 47.0 Å². The van der Waals surface area contributed by atoms with Gasteiger partial charge in [0.05, 0.1) is 6.54 Å². The van der Waals surface area contributed by atoms with E-state index < -0.39 is 0 Å². The molecule has 0 bridgehead atoms. The molecule has 2 nitrogen and oxygen atoms in total. The Bertz CT molecular complexity index is 215. The molecule has 1 saturated heterocycles. The fourth-order valence-corrected chi connectivity index (χ4v) is 2.45. The van der Waals surface area contributed by atoms with E-state index in [0.717, 1.165) is 24.9 Å². The van der Waals surface area contributed by atoms with Crippen molar-refractivity contribution in [2.24, 2.45) is 17.8 Å². The summed E-state index contributed by atoms with van der Waals surface area (Å²) in [5.74, 6) is 2.29. The van der Waals surface area contributed by atoms with E-state index in [9.17, 15) is 4.79 Å². The highest BCUT2D eigenvalue weighted by molar-refractivity contribution is 5.82. The molecule has 2 heteroatoms. The Morgan fingerprint density at radius 3 is 2.19 bits per heavy atom. The number of likely N-dealkylation sites (tertiary alicyclic amines) is 1. The highest BCUT2D eigenvalue weighted by Gasteiger charge is 2.21. The molecule has 0 aliphatic carbocycles. The topological polar surface area (TPSA) is 20.3 Å². The summed E-state index contributed by atoms with van der Waals surface area (Å²) in [7, 11) is 0. The zero-order valence-corrected chi connectivity index (χ0v) is 11.3. The van der Waals surface area contributed by atoms with E-state index >= 15 is 0 Å². The lowest BCUT2D eigenvalue weighted by Crippen LogP contribution is -2.38. The summed E-state index contributed by atoms with van der Waals surface area (Å²) in [5, 5.41) is 0. The Morgan fingerprint density at radius 1 is 1.19 bits per heavy atom. The number of Topliss-reactive ketones (excluding diaryl/α,β-unsaturated/α-hetero) is 1. The van der Waals surface area contributed by atoms with Crippen molar-refractivity contribution in [3.63, 3.8) is 0 Å². The fraction of sp³-hybridized carbons (Fsp3) is 0.929. The van der Waals surface area contributed by atoms with Gasteiger partial charge in [0.25, 0.3) is 0 Å². The second kappa shape index (κ2) is 6.39. The molecular formula is C14H27NO. The molecule has 0 N–H and O–H groups in total. The zero-order valence-electron chi connectivity index (χ0n) is 11.3. The summed E-state index contributed by atoms with van der Waals surface area (Å²) in [6.07, 6.45) is 3.92. The van der Waals surface area contributed by atoms with Crippen LogP contribution in [0.4, 0.5) is 0 Å². The molecule has 1 fully saturated rings. The third kappa shape index (κ3) is 4.65. The van der Waals surface area contributed by atoms with Gasteiger partial charge in [-0.2, -0.15) is 0 Å². The number of carbonyl (C=O) groups is 1. The lowest BCUT2D eigenvalue weighted by molar-refractivity contribution is -0.123. The minimum atomic E-state index is 0.188. The summed E-state index contributed by atoms with van der Waals surface area (Å²) in [5.41, 5.74) is 0. The first-order valence-corrected chi connectivity index (χ1v) is 6.74. The molecule has 1 aliphatic heterocycles. The number of rotatable bonds is 5. The minimum Gasteiger partial charge on any atom is -0.298 e. The van der Waals surface area contributed by atoms with Crippen molar-refractivity contribution in [2.75, 3.05) is 19.6 Å². The maximum atomic E-state index is 11.6. The van der Waals surface area contributed by atoms with Crippen molar-refractivity contribution < 1.29 is 4.79 Å². The number of piperidine rings is 1. The van der Waals surface area contributed by atoms with E-state index in [1.807, 2.05) is 13.8 Å². The van der Waals surface area contributed by atoms with Gasteiger partial charge in [-0.3, -0.25) is 9.69 Å². The minimum absolute atomic E-state index is 0.188. The first-order valence-electron chi connectivity index (χ1n) is 6.74. The Labute approximate surface area is 100 Å². The lowest BCUT2D eigenvalue weighted by atomic mass is 9.88. The SMILES string of the molecule is CC(C)CC1CCN(CC(=O)C(C)C)CC1. The molecule has 1 heterocycles. The fourth-order valence-electron chi connectivity index (χ4n) is 2.45. The molecule has 1 rings (SSSR count). The van der Waals surface area contributed by atoms with E-state index in [4.69, 9.17) is 0 Å². The summed E-state index contributed by atoms with van der Waals surface area (Å²) >= 11 is 0. The number of ketones is 1. The van der Waals surface area contributed by atoms with Gasteiger partial charge in [0.2, 0.25) is 0 Å². The molecule has 1 aliphatic rings. The van der Waals surface area contributed by atoms with Crippen LogP contribution in [0.25, 0.3) is 0 Å². The van der Waals surface area contributed by atoms with Crippen LogP contribution in [-0.2, 0) is 4.79 Å². The molecule has 0 aromatic rings. The van der Waals surface area contributed by atoms with Gasteiger partial charge in [0, 0.05) is 5.92 Å². The van der Waals surface area contributed by atoms with Gasteiger partial charge in [0.15, 0.2) is 0 Å². The molecule has 94 valence electrons. The Balaban J connectivity index is 2.24. The van der Waals surface area contributed by atoms with Crippen molar-refractivity contribution >= 4 is 5.78 Å². The molecule has 0 unspecified atom stereocenters. The summed E-state index contributed by atoms with van der Waals surface area (Å²) in [6.45, 7) is 11.5. The van der Waals surface area contributed by atoms with Gasteiger partial charge in [0.1, 0.15) is 5.78 Å². The number of nitrogens with zero attached hydrogens (tertiary/aromatic N) is 1. The summed E-state index contributed by atoms with van der Waals surface area (Å²) in [4.78, 5) is 14.0. The second-order valence-corrected chi connectivity index (χ2v) is 5.97. The normalized spacial score (nSPS) is 19.6. The molecule has 0 spiro atoms. The molecular weight excluding hydrogens is 198 g/mol. The predicted molar refractivity (Wildman–Crippen MR) is 68.5 cm³/mol. The van der Waals surface area contributed by atoms with Gasteiger partial charge in [-0.25, -0.2) is 0 Å². The number of hydrogen-bond acceptors (Lipinski definition) is 2. The monoisotopic (exact) mass is 225 g/mol. The molecule has 0 aromatic heterocycles. The van der Waals surface area contributed by atoms with E-state index in [-0.39, 0.29) is 5.92 Å². The summed E-state index contributed by atoms with van der Waals surface area (Å²) < 4.78 is 0. The zero-order chi connectivity index (χ0) is 12.1. The van der Waals surface area contributed by atoms with Gasteiger partial charge < -0.3 is 0 Å². The standard InChI is InChI=1S/C14H27NO/c1-11(2)9-13-5-7-15(8-6-13)10-14(16)12(3)4/h11-13H,5-10H2,1-4H3. The van der Waals surface area contributed by atoms with Crippen LogP contribution < -0.4 is 0 Å². The number of hydrogen-bond donors (Lipinski definition) is 0. The molecule has 0 saturated carbocycles. The van der Waals surface area contributed by atoms with E-state index in [1.54, 1.807) is 0 Å². The molecule has 0 atom stereocenters. The van der Waals surface area contributed by atoms with E-state index in [0.29, 0.717) is 12.3 Å². The van der Waals surface area contributed by atoms with Crippen LogP contribution in [-0.4, -0.2) is 30.3 Å². The van der Waals surface area contributed by atoms with Crippen molar-refractivity contribution in [3.8, 4) is 0 Å². The van der Waals surface area contributed by atoms with Crippen molar-refractivity contribution in [1.29, 1.82) is 0 Å². The summed E-state index contributed by atoms with van der Waals surface area (Å²) in [6, 6.07) is 0. The Morgan fingerprint density at radius 2 is 1.75 bits per heavy atom. The Kier molecular flexibility index (Phi) is 5.47. The Hall–Kier alpha value is -0.370. The van der Waals surface area contributed by atoms with Gasteiger partial charge in [-0.05, 0) is 44.2 Å². The van der Waals surface area contributed by atoms with Crippen LogP contribution >= 0.6 is 0 Å². The molecule has 0 amide bonds.